The quantitative estimate of drug-likeness (QED) is 0.0442. The molecule has 22 nitrogen and oxygen atoms in total. The first-order chi connectivity index (χ1) is 31.0. The summed E-state index contributed by atoms with van der Waals surface area (Å²) in [6.07, 6.45) is -24.1. The molecule has 2 aromatic carbocycles. The number of ether oxygens (including phenoxy) is 2. The summed E-state index contributed by atoms with van der Waals surface area (Å²) >= 11 is 0. The van der Waals surface area contributed by atoms with Crippen LogP contribution in [-0.2, 0) is 32.9 Å². The normalized spacial score (nSPS) is 20.2. The van der Waals surface area contributed by atoms with Gasteiger partial charge in [0.1, 0.15) is 48.3 Å². The summed E-state index contributed by atoms with van der Waals surface area (Å²) in [5.74, 6) is -0.775. The lowest BCUT2D eigenvalue weighted by atomic mass is 10.0. The number of aromatic amines is 1. The number of nitrogens with zero attached hydrogens (tertiary/aromatic N) is 3. The largest absolute Gasteiger partial charge is 0.452 e. The maximum atomic E-state index is 13.7. The molecule has 2 heterocycles. The molecule has 15 N–H and O–H groups in total. The van der Waals surface area contributed by atoms with Crippen molar-refractivity contribution in [3.05, 3.63) is 86.8 Å². The molecule has 3 aromatic rings. The third-order valence-corrected chi connectivity index (χ3v) is 10.5. The number of nitrogens with one attached hydrogen (secondary N) is 3. The van der Waals surface area contributed by atoms with E-state index in [-0.39, 0.29) is 49.1 Å². The first-order valence-electron chi connectivity index (χ1n) is 19.8. The van der Waals surface area contributed by atoms with Crippen molar-refractivity contribution >= 4 is 7.75 Å². The minimum atomic E-state index is -5.07. The van der Waals surface area contributed by atoms with Gasteiger partial charge >= 0.3 is 25.8 Å². The summed E-state index contributed by atoms with van der Waals surface area (Å²) in [7, 11) is -1.90. The van der Waals surface area contributed by atoms with Gasteiger partial charge < -0.3 is 81.0 Å². The Bertz CT molecular complexity index is 1970. The summed E-state index contributed by atoms with van der Waals surface area (Å²) in [5, 5.41) is 97.2. The Labute approximate surface area is 376 Å². The van der Waals surface area contributed by atoms with Crippen molar-refractivity contribution in [1.29, 1.82) is 0 Å². The molecule has 1 saturated heterocycles. The Morgan fingerprint density at radius 1 is 0.806 bits per heavy atom. The SMILES string of the molecule is CNC[C@H](O)[C@@H](O)[C@H](O)[C@H](O)CO.CNC[C@H](O)[C@@H](O)[C@H](O)[C@H](O)CO.C[C@@H](OC1OCCN(Cc2nc(=O)n(P(=O)(O)O)[nH]2)C1c1ccc(F)cc1)c1cc(C(F)(F)F)cc(C(F)(F)F)c1. The van der Waals surface area contributed by atoms with E-state index in [0.717, 1.165) is 12.1 Å². The summed E-state index contributed by atoms with van der Waals surface area (Å²) in [6, 6.07) is 5.01. The highest BCUT2D eigenvalue weighted by atomic mass is 31.2. The molecule has 30 heteroatoms. The molecule has 2 unspecified atom stereocenters. The molecule has 11 atom stereocenters. The number of aromatic nitrogens is 3. The number of hydrogen-bond acceptors (Lipinski definition) is 18. The fourth-order valence-electron chi connectivity index (χ4n) is 6.08. The van der Waals surface area contributed by atoms with Gasteiger partial charge in [0.05, 0.1) is 61.8 Å². The van der Waals surface area contributed by atoms with Crippen LogP contribution in [-0.4, -0.2) is 189 Å². The van der Waals surface area contributed by atoms with Crippen molar-refractivity contribution in [1.82, 2.24) is 30.1 Å². The number of benzene rings is 2. The van der Waals surface area contributed by atoms with Crippen molar-refractivity contribution < 1.29 is 106 Å². The average Bonchev–Trinajstić information content (AvgIpc) is 3.65. The van der Waals surface area contributed by atoms with Crippen LogP contribution >= 0.6 is 7.75 Å². The Morgan fingerprint density at radius 3 is 1.64 bits per heavy atom. The van der Waals surface area contributed by atoms with E-state index in [9.17, 15) is 60.1 Å². The molecule has 0 radical (unpaired) electrons. The van der Waals surface area contributed by atoms with E-state index in [2.05, 4.69) is 20.7 Å². The lowest BCUT2D eigenvalue weighted by molar-refractivity contribution is -0.231. The Balaban J connectivity index is 0.000000484. The molecule has 384 valence electrons. The van der Waals surface area contributed by atoms with E-state index < -0.39 is 129 Å². The van der Waals surface area contributed by atoms with E-state index in [1.54, 1.807) is 19.0 Å². The lowest BCUT2D eigenvalue weighted by Crippen LogP contribution is -2.48. The van der Waals surface area contributed by atoms with Crippen LogP contribution in [0.1, 0.15) is 47.1 Å². The van der Waals surface area contributed by atoms with Crippen molar-refractivity contribution in [2.45, 2.75) is 93.1 Å². The molecular weight excluding hydrogens is 948 g/mol. The average molecular weight is 1000 g/mol. The second-order valence-corrected chi connectivity index (χ2v) is 16.2. The van der Waals surface area contributed by atoms with Crippen LogP contribution in [0.25, 0.3) is 0 Å². The van der Waals surface area contributed by atoms with Gasteiger partial charge in [-0.05, 0) is 62.5 Å². The van der Waals surface area contributed by atoms with Crippen LogP contribution in [0.4, 0.5) is 30.7 Å². The number of alkyl halides is 6. The van der Waals surface area contributed by atoms with Gasteiger partial charge in [-0.2, -0.15) is 31.3 Å². The highest BCUT2D eigenvalue weighted by Crippen LogP contribution is 2.40. The second kappa shape index (κ2) is 26.4. The van der Waals surface area contributed by atoms with E-state index in [4.69, 9.17) is 50.3 Å². The summed E-state index contributed by atoms with van der Waals surface area (Å²) in [6.45, 7) is -0.0952. The highest BCUT2D eigenvalue weighted by molar-refractivity contribution is 7.49. The number of likely N-dealkylation sites (N-methyl/N-ethyl adjacent to an activating group) is 2. The summed E-state index contributed by atoms with van der Waals surface area (Å²) in [4.78, 5) is 35.7. The number of hydrogen-bond donors (Lipinski definition) is 15. The zero-order chi connectivity index (χ0) is 51.2. The van der Waals surface area contributed by atoms with Crippen LogP contribution in [0.3, 0.4) is 0 Å². The number of rotatable bonds is 19. The van der Waals surface area contributed by atoms with Crippen LogP contribution in [0.15, 0.2) is 47.3 Å². The summed E-state index contributed by atoms with van der Waals surface area (Å²) < 4.78 is 117. The predicted octanol–water partition coefficient (Wildman–Crippen LogP) is -2.35. The monoisotopic (exact) mass is 1000 g/mol. The Hall–Kier alpha value is -3.56. The number of halogens is 7. The minimum absolute atomic E-state index is 0.00603. The maximum absolute atomic E-state index is 13.7. The van der Waals surface area contributed by atoms with Gasteiger partial charge in [0.15, 0.2) is 6.29 Å². The van der Waals surface area contributed by atoms with Gasteiger partial charge in [0.2, 0.25) is 0 Å². The lowest BCUT2D eigenvalue weighted by Gasteiger charge is -2.41. The Morgan fingerprint density at radius 2 is 1.25 bits per heavy atom. The van der Waals surface area contributed by atoms with Gasteiger partial charge in [-0.1, -0.05) is 12.1 Å². The first-order valence-corrected chi connectivity index (χ1v) is 21.3. The smallest absolute Gasteiger partial charge is 0.394 e. The number of aliphatic hydroxyl groups excluding tert-OH is 10. The minimum Gasteiger partial charge on any atom is -0.394 e. The molecule has 1 fully saturated rings. The maximum Gasteiger partial charge on any atom is 0.452 e. The third-order valence-electron chi connectivity index (χ3n) is 9.68. The van der Waals surface area contributed by atoms with E-state index in [0.29, 0.717) is 17.7 Å². The number of H-pyrrole nitrogens is 1. The molecule has 1 aliphatic heterocycles. The zero-order valence-electron chi connectivity index (χ0n) is 35.8. The molecule has 0 saturated carbocycles. The standard InChI is InChI=1S/C23H22F7N4O6P.2C7H17NO5/c1-12(14-8-15(22(25,26)27)10-16(9-14)23(28,29)30)40-20-19(13-2-4-17(24)5-3-13)33(6-7-39-20)11-18-31-21(35)34(32-18)41(36,37)38;2*1-8-2-4(10)6(12)7(13)5(11)3-9/h2-5,8-10,12,19-20H,6-7,11H2,1H3,(H,31,32,35)(H2,36,37,38);2*4-13H,2-3H2,1H3/t12-,19?,20?;2*4-,5+,6+,7+/m100/s1. The van der Waals surface area contributed by atoms with Gasteiger partial charge in [-0.3, -0.25) is 10.00 Å². The fraction of sp³-hybridized carbons (Fsp3) is 0.622. The van der Waals surface area contributed by atoms with Crippen LogP contribution in [0, 0.1) is 5.82 Å². The van der Waals surface area contributed by atoms with Crippen molar-refractivity contribution in [2.24, 2.45) is 0 Å². The van der Waals surface area contributed by atoms with Gasteiger partial charge in [-0.15, -0.1) is 4.45 Å². The highest BCUT2D eigenvalue weighted by Gasteiger charge is 2.40. The van der Waals surface area contributed by atoms with Crippen LogP contribution < -0.4 is 16.3 Å². The van der Waals surface area contributed by atoms with E-state index in [1.807, 2.05) is 0 Å². The molecule has 0 amide bonds. The van der Waals surface area contributed by atoms with Crippen LogP contribution in [0.5, 0.6) is 0 Å². The second-order valence-electron chi connectivity index (χ2n) is 14.8. The molecule has 1 aliphatic rings. The molecule has 1 aromatic heterocycles. The molecular formula is C37H56F7N6O16P. The van der Waals surface area contributed by atoms with Crippen molar-refractivity contribution in [3.8, 4) is 0 Å². The van der Waals surface area contributed by atoms with Crippen molar-refractivity contribution in [3.63, 3.8) is 0 Å². The van der Waals surface area contributed by atoms with Gasteiger partial charge in [0, 0.05) is 19.6 Å². The molecule has 0 spiro atoms. The molecule has 0 bridgehead atoms. The molecule has 4 rings (SSSR count). The topological polar surface area (TPSA) is 356 Å². The Kier molecular flexibility index (Phi) is 23.5. The third kappa shape index (κ3) is 18.0. The number of morpholine rings is 1. The number of aliphatic hydroxyl groups is 10. The van der Waals surface area contributed by atoms with Crippen molar-refractivity contribution in [2.75, 3.05) is 53.6 Å². The van der Waals surface area contributed by atoms with Gasteiger partial charge in [-0.25, -0.2) is 13.8 Å². The van der Waals surface area contributed by atoms with Gasteiger partial charge in [0.25, 0.3) is 0 Å². The molecule has 67 heavy (non-hydrogen) atoms. The molecule has 0 aliphatic carbocycles. The predicted molar refractivity (Wildman–Crippen MR) is 216 cm³/mol. The van der Waals surface area contributed by atoms with Crippen LogP contribution in [0.2, 0.25) is 0 Å². The zero-order valence-corrected chi connectivity index (χ0v) is 36.7. The van der Waals surface area contributed by atoms with E-state index in [1.165, 1.54) is 19.1 Å². The first kappa shape index (κ1) is 59.6. The fourth-order valence-corrected chi connectivity index (χ4v) is 6.60. The summed E-state index contributed by atoms with van der Waals surface area (Å²) in [5.41, 5.74) is -4.38. The van der Waals surface area contributed by atoms with E-state index >= 15 is 0 Å².